The molecule has 0 aliphatic carbocycles. The molecule has 0 amide bonds. The Hall–Kier alpha value is -0.900. The summed E-state index contributed by atoms with van der Waals surface area (Å²) in [5.41, 5.74) is 10.1. The van der Waals surface area contributed by atoms with Crippen LogP contribution in [0.2, 0.25) is 0 Å². The highest BCUT2D eigenvalue weighted by molar-refractivity contribution is 5.32. The van der Waals surface area contributed by atoms with Crippen LogP contribution in [-0.4, -0.2) is 37.2 Å². The van der Waals surface area contributed by atoms with E-state index in [1.54, 1.807) is 0 Å². The third-order valence-corrected chi connectivity index (χ3v) is 4.06. The minimum Gasteiger partial charge on any atom is -0.377 e. The summed E-state index contributed by atoms with van der Waals surface area (Å²) in [5.74, 6) is 0. The average molecular weight is 262 g/mol. The first-order valence-electron chi connectivity index (χ1n) is 7.24. The minimum absolute atomic E-state index is 0.295. The van der Waals surface area contributed by atoms with Gasteiger partial charge >= 0.3 is 0 Å². The van der Waals surface area contributed by atoms with E-state index in [2.05, 4.69) is 43.9 Å². The monoisotopic (exact) mass is 262 g/mol. The number of hydrogen-bond acceptors (Lipinski definition) is 3. The molecule has 19 heavy (non-hydrogen) atoms. The van der Waals surface area contributed by atoms with Crippen molar-refractivity contribution in [1.82, 2.24) is 4.90 Å². The van der Waals surface area contributed by atoms with E-state index in [1.807, 2.05) is 0 Å². The van der Waals surface area contributed by atoms with E-state index in [4.69, 9.17) is 10.5 Å². The maximum absolute atomic E-state index is 6.04. The zero-order valence-corrected chi connectivity index (χ0v) is 12.4. The largest absolute Gasteiger partial charge is 0.377 e. The predicted octanol–water partition coefficient (Wildman–Crippen LogP) is 2.41. The van der Waals surface area contributed by atoms with Gasteiger partial charge in [0.15, 0.2) is 0 Å². The number of nitrogens with zero attached hydrogens (tertiary/aromatic N) is 1. The van der Waals surface area contributed by atoms with E-state index in [1.165, 1.54) is 16.7 Å². The lowest BCUT2D eigenvalue weighted by Gasteiger charge is -2.31. The summed E-state index contributed by atoms with van der Waals surface area (Å²) in [6.45, 7) is 10.0. The van der Waals surface area contributed by atoms with Gasteiger partial charge in [0.2, 0.25) is 0 Å². The Balaban J connectivity index is 2.20. The van der Waals surface area contributed by atoms with Gasteiger partial charge in [-0.15, -0.1) is 0 Å². The molecule has 0 spiro atoms. The molecule has 3 heteroatoms. The molecule has 1 aliphatic rings. The highest BCUT2D eigenvalue weighted by Gasteiger charge is 2.23. The van der Waals surface area contributed by atoms with Crippen LogP contribution in [-0.2, 0) is 4.74 Å². The standard InChI is InChI=1S/C16H26N2O/c1-12-5-6-15(9-13(12)2)16(10-17)18-7-4-8-19-14(3)11-18/h5-6,9,14,16H,4,7-8,10-11,17H2,1-3H3. The summed E-state index contributed by atoms with van der Waals surface area (Å²) < 4.78 is 5.72. The van der Waals surface area contributed by atoms with Crippen LogP contribution in [0.25, 0.3) is 0 Å². The molecule has 1 aliphatic heterocycles. The maximum atomic E-state index is 6.04. The summed E-state index contributed by atoms with van der Waals surface area (Å²) in [7, 11) is 0. The summed E-state index contributed by atoms with van der Waals surface area (Å²) in [6, 6.07) is 7.01. The van der Waals surface area contributed by atoms with Crippen molar-refractivity contribution in [3.63, 3.8) is 0 Å². The molecule has 1 saturated heterocycles. The van der Waals surface area contributed by atoms with Crippen molar-refractivity contribution in [3.05, 3.63) is 34.9 Å². The molecule has 2 atom stereocenters. The van der Waals surface area contributed by atoms with Crippen molar-refractivity contribution in [2.75, 3.05) is 26.2 Å². The number of ether oxygens (including phenoxy) is 1. The summed E-state index contributed by atoms with van der Waals surface area (Å²) >= 11 is 0. The number of benzene rings is 1. The maximum Gasteiger partial charge on any atom is 0.0674 e. The molecule has 1 heterocycles. The lowest BCUT2D eigenvalue weighted by molar-refractivity contribution is 0.0612. The molecule has 2 N–H and O–H groups in total. The average Bonchev–Trinajstić information content (AvgIpc) is 2.59. The summed E-state index contributed by atoms with van der Waals surface area (Å²) in [5, 5.41) is 0. The first-order chi connectivity index (χ1) is 9.11. The molecule has 0 saturated carbocycles. The van der Waals surface area contributed by atoms with Crippen molar-refractivity contribution >= 4 is 0 Å². The molecule has 0 radical (unpaired) electrons. The van der Waals surface area contributed by atoms with Crippen LogP contribution >= 0.6 is 0 Å². The van der Waals surface area contributed by atoms with Gasteiger partial charge in [0.25, 0.3) is 0 Å². The minimum atomic E-state index is 0.295. The smallest absolute Gasteiger partial charge is 0.0674 e. The fourth-order valence-corrected chi connectivity index (χ4v) is 2.78. The summed E-state index contributed by atoms with van der Waals surface area (Å²) in [4.78, 5) is 2.47. The van der Waals surface area contributed by atoms with Crippen LogP contribution in [0.1, 0.15) is 36.1 Å². The molecule has 3 nitrogen and oxygen atoms in total. The zero-order valence-electron chi connectivity index (χ0n) is 12.4. The normalized spacial score (nSPS) is 23.1. The van der Waals surface area contributed by atoms with Gasteiger partial charge in [0, 0.05) is 32.3 Å². The van der Waals surface area contributed by atoms with E-state index < -0.39 is 0 Å². The molecular weight excluding hydrogens is 236 g/mol. The lowest BCUT2D eigenvalue weighted by atomic mass is 9.99. The molecule has 1 aromatic rings. The molecule has 2 rings (SSSR count). The second-order valence-corrected chi connectivity index (χ2v) is 5.63. The Morgan fingerprint density at radius 1 is 1.37 bits per heavy atom. The Morgan fingerprint density at radius 2 is 2.16 bits per heavy atom. The van der Waals surface area contributed by atoms with E-state index in [9.17, 15) is 0 Å². The van der Waals surface area contributed by atoms with Crippen molar-refractivity contribution in [2.24, 2.45) is 5.73 Å². The summed E-state index contributed by atoms with van der Waals surface area (Å²) in [6.07, 6.45) is 1.38. The highest BCUT2D eigenvalue weighted by Crippen LogP contribution is 2.24. The van der Waals surface area contributed by atoms with Crippen LogP contribution in [0.4, 0.5) is 0 Å². The van der Waals surface area contributed by atoms with E-state index >= 15 is 0 Å². The second kappa shape index (κ2) is 6.51. The highest BCUT2D eigenvalue weighted by atomic mass is 16.5. The van der Waals surface area contributed by atoms with Crippen molar-refractivity contribution < 1.29 is 4.74 Å². The van der Waals surface area contributed by atoms with Gasteiger partial charge in [-0.25, -0.2) is 0 Å². The molecular formula is C16H26N2O. The molecule has 1 fully saturated rings. The van der Waals surface area contributed by atoms with Crippen LogP contribution in [0.5, 0.6) is 0 Å². The fraction of sp³-hybridized carbons (Fsp3) is 0.625. The van der Waals surface area contributed by atoms with E-state index in [-0.39, 0.29) is 0 Å². The molecule has 0 bridgehead atoms. The van der Waals surface area contributed by atoms with Gasteiger partial charge < -0.3 is 10.5 Å². The third-order valence-electron chi connectivity index (χ3n) is 4.06. The van der Waals surface area contributed by atoms with Crippen molar-refractivity contribution in [2.45, 2.75) is 39.3 Å². The van der Waals surface area contributed by atoms with Gasteiger partial charge in [-0.3, -0.25) is 4.90 Å². The zero-order chi connectivity index (χ0) is 13.8. The van der Waals surface area contributed by atoms with Crippen LogP contribution in [0, 0.1) is 13.8 Å². The van der Waals surface area contributed by atoms with Gasteiger partial charge in [-0.05, 0) is 43.9 Å². The first kappa shape index (κ1) is 14.5. The number of hydrogen-bond donors (Lipinski definition) is 1. The Morgan fingerprint density at radius 3 is 2.84 bits per heavy atom. The SMILES string of the molecule is Cc1ccc(C(CN)N2CCCOC(C)C2)cc1C. The Bertz CT molecular complexity index is 419. The Labute approximate surface area is 116 Å². The van der Waals surface area contributed by atoms with E-state index in [0.29, 0.717) is 18.7 Å². The van der Waals surface area contributed by atoms with Gasteiger partial charge in [0.05, 0.1) is 6.10 Å². The molecule has 0 aromatic heterocycles. The number of nitrogens with two attached hydrogens (primary N) is 1. The fourth-order valence-electron chi connectivity index (χ4n) is 2.78. The first-order valence-corrected chi connectivity index (χ1v) is 7.24. The number of rotatable bonds is 3. The molecule has 106 valence electrons. The van der Waals surface area contributed by atoms with Gasteiger partial charge in [-0.2, -0.15) is 0 Å². The van der Waals surface area contributed by atoms with Gasteiger partial charge in [0.1, 0.15) is 0 Å². The van der Waals surface area contributed by atoms with Crippen molar-refractivity contribution in [3.8, 4) is 0 Å². The van der Waals surface area contributed by atoms with Crippen LogP contribution in [0.15, 0.2) is 18.2 Å². The molecule has 1 aromatic carbocycles. The van der Waals surface area contributed by atoms with Gasteiger partial charge in [-0.1, -0.05) is 18.2 Å². The van der Waals surface area contributed by atoms with E-state index in [0.717, 1.165) is 26.1 Å². The lowest BCUT2D eigenvalue weighted by Crippen LogP contribution is -2.37. The topological polar surface area (TPSA) is 38.5 Å². The second-order valence-electron chi connectivity index (χ2n) is 5.63. The predicted molar refractivity (Wildman–Crippen MR) is 79.3 cm³/mol. The Kier molecular flexibility index (Phi) is 4.97. The van der Waals surface area contributed by atoms with Crippen molar-refractivity contribution in [1.29, 1.82) is 0 Å². The quantitative estimate of drug-likeness (QED) is 0.909. The van der Waals surface area contributed by atoms with Crippen LogP contribution < -0.4 is 5.73 Å². The number of aryl methyl sites for hydroxylation is 2. The molecule has 2 unspecified atom stereocenters. The third kappa shape index (κ3) is 3.56. The van der Waals surface area contributed by atoms with Crippen LogP contribution in [0.3, 0.4) is 0 Å².